The van der Waals surface area contributed by atoms with E-state index in [1.165, 1.54) is 0 Å². The number of aliphatic hydroxyl groups excluding tert-OH is 1. The number of nitrogens with one attached hydrogen (secondary N) is 1. The van der Waals surface area contributed by atoms with Crippen LogP contribution in [0.5, 0.6) is 5.88 Å². The molecule has 1 aromatic heterocycles. The Morgan fingerprint density at radius 2 is 2.31 bits per heavy atom. The van der Waals surface area contributed by atoms with E-state index in [2.05, 4.69) is 31.4 Å². The molecule has 0 bridgehead atoms. The summed E-state index contributed by atoms with van der Waals surface area (Å²) >= 11 is 3.26. The molecule has 0 aliphatic carbocycles. The highest BCUT2D eigenvalue weighted by molar-refractivity contribution is 9.10. The molecule has 0 spiro atoms. The second kappa shape index (κ2) is 6.78. The fourth-order valence-corrected chi connectivity index (χ4v) is 1.30. The molecule has 0 amide bonds. The summed E-state index contributed by atoms with van der Waals surface area (Å²) in [6.07, 6.45) is 1.02. The van der Waals surface area contributed by atoms with E-state index in [4.69, 9.17) is 4.74 Å². The average Bonchev–Trinajstić information content (AvgIpc) is 2.23. The molecule has 5 nitrogen and oxygen atoms in total. The Morgan fingerprint density at radius 1 is 1.56 bits per heavy atom. The molecule has 6 heteroatoms. The van der Waals surface area contributed by atoms with E-state index in [1.54, 1.807) is 12.3 Å². The quantitative estimate of drug-likeness (QED) is 0.817. The molecule has 2 N–H and O–H groups in total. The highest BCUT2D eigenvalue weighted by Crippen LogP contribution is 2.12. The lowest BCUT2D eigenvalue weighted by molar-refractivity contribution is 0.101. The Bertz CT molecular complexity index is 323. The zero-order valence-electron chi connectivity index (χ0n) is 9.35. The van der Waals surface area contributed by atoms with E-state index in [0.717, 1.165) is 4.47 Å². The number of aliphatic hydroxyl groups is 1. The molecule has 0 radical (unpaired) electrons. The third-order valence-electron chi connectivity index (χ3n) is 1.78. The van der Waals surface area contributed by atoms with Crippen LogP contribution in [0.3, 0.4) is 0 Å². The summed E-state index contributed by atoms with van der Waals surface area (Å²) in [5, 5.41) is 20.2. The molecule has 0 aromatic carbocycles. The lowest BCUT2D eigenvalue weighted by Crippen LogP contribution is -2.35. The van der Waals surface area contributed by atoms with Gasteiger partial charge in [0.2, 0.25) is 5.88 Å². The van der Waals surface area contributed by atoms with Crippen LogP contribution in [0.2, 0.25) is 0 Å². The molecule has 0 aliphatic rings. The fourth-order valence-electron chi connectivity index (χ4n) is 1.01. The fraction of sp³-hybridized carbons (Fsp3) is 0.600. The van der Waals surface area contributed by atoms with E-state index >= 15 is 0 Å². The zero-order chi connectivity index (χ0) is 12.0. The van der Waals surface area contributed by atoms with E-state index in [0.29, 0.717) is 18.5 Å². The van der Waals surface area contributed by atoms with Crippen molar-refractivity contribution < 1.29 is 9.84 Å². The Kier molecular flexibility index (Phi) is 5.65. The minimum absolute atomic E-state index is 0.199. The molecule has 16 heavy (non-hydrogen) atoms. The number of aromatic nitrogens is 2. The van der Waals surface area contributed by atoms with Gasteiger partial charge in [-0.05, 0) is 15.9 Å². The van der Waals surface area contributed by atoms with E-state index < -0.39 is 6.10 Å². The Labute approximate surface area is 103 Å². The first-order valence-corrected chi connectivity index (χ1v) is 5.89. The molecular formula is C10H16BrN3O2. The maximum atomic E-state index is 9.58. The number of halogens is 1. The average molecular weight is 290 g/mol. The van der Waals surface area contributed by atoms with Crippen LogP contribution >= 0.6 is 15.9 Å². The molecule has 1 unspecified atom stereocenters. The maximum absolute atomic E-state index is 9.58. The van der Waals surface area contributed by atoms with Crippen molar-refractivity contribution in [2.24, 2.45) is 0 Å². The molecule has 0 saturated heterocycles. The predicted octanol–water partition coefficient (Wildman–Crippen LogP) is 0.977. The Hall–Kier alpha value is -0.720. The van der Waals surface area contributed by atoms with Gasteiger partial charge in [-0.3, -0.25) is 0 Å². The van der Waals surface area contributed by atoms with E-state index in [-0.39, 0.29) is 6.61 Å². The summed E-state index contributed by atoms with van der Waals surface area (Å²) in [5.41, 5.74) is 0. The van der Waals surface area contributed by atoms with Crippen LogP contribution in [0.4, 0.5) is 0 Å². The summed E-state index contributed by atoms with van der Waals surface area (Å²) < 4.78 is 6.09. The second-order valence-electron chi connectivity index (χ2n) is 3.74. The van der Waals surface area contributed by atoms with E-state index in [1.807, 2.05) is 13.8 Å². The van der Waals surface area contributed by atoms with Crippen LogP contribution in [0.15, 0.2) is 16.7 Å². The first-order chi connectivity index (χ1) is 7.58. The van der Waals surface area contributed by atoms with Gasteiger partial charge in [-0.25, -0.2) is 0 Å². The minimum atomic E-state index is -0.553. The normalized spacial score (nSPS) is 12.8. The number of rotatable bonds is 6. The summed E-state index contributed by atoms with van der Waals surface area (Å²) in [6.45, 7) is 4.74. The molecule has 1 heterocycles. The standard InChI is InChI=1S/C10H16BrN3O2/c1-7(2)12-5-9(15)6-16-10-3-8(11)4-13-14-10/h3-4,7,9,12,15H,5-6H2,1-2H3. The summed E-state index contributed by atoms with van der Waals surface area (Å²) in [6, 6.07) is 2.05. The highest BCUT2D eigenvalue weighted by atomic mass is 79.9. The number of nitrogens with zero attached hydrogens (tertiary/aromatic N) is 2. The topological polar surface area (TPSA) is 67.3 Å². The first-order valence-electron chi connectivity index (χ1n) is 5.10. The van der Waals surface area contributed by atoms with Crippen LogP contribution < -0.4 is 10.1 Å². The molecule has 0 aliphatic heterocycles. The van der Waals surface area contributed by atoms with Crippen LogP contribution in [0.25, 0.3) is 0 Å². The monoisotopic (exact) mass is 289 g/mol. The summed E-state index contributed by atoms with van der Waals surface area (Å²) in [7, 11) is 0. The van der Waals surface area contributed by atoms with Crippen LogP contribution in [0, 0.1) is 0 Å². The molecule has 1 aromatic rings. The predicted molar refractivity (Wildman–Crippen MR) is 64.4 cm³/mol. The maximum Gasteiger partial charge on any atom is 0.234 e. The highest BCUT2D eigenvalue weighted by Gasteiger charge is 2.06. The summed E-state index contributed by atoms with van der Waals surface area (Å²) in [4.78, 5) is 0. The van der Waals surface area contributed by atoms with Gasteiger partial charge in [-0.1, -0.05) is 13.8 Å². The Morgan fingerprint density at radius 3 is 2.94 bits per heavy atom. The Balaban J connectivity index is 2.28. The van der Waals surface area contributed by atoms with Crippen molar-refractivity contribution in [1.29, 1.82) is 0 Å². The van der Waals surface area contributed by atoms with Crippen LogP contribution in [0.1, 0.15) is 13.8 Å². The van der Waals surface area contributed by atoms with E-state index in [9.17, 15) is 5.11 Å². The zero-order valence-corrected chi connectivity index (χ0v) is 10.9. The van der Waals surface area contributed by atoms with Gasteiger partial charge < -0.3 is 15.2 Å². The third-order valence-corrected chi connectivity index (χ3v) is 2.22. The summed E-state index contributed by atoms with van der Waals surface area (Å²) in [5.74, 6) is 0.401. The van der Waals surface area contributed by atoms with Crippen molar-refractivity contribution in [3.8, 4) is 5.88 Å². The van der Waals surface area contributed by atoms with Crippen molar-refractivity contribution >= 4 is 15.9 Å². The van der Waals surface area contributed by atoms with Gasteiger partial charge in [0.1, 0.15) is 12.7 Å². The van der Waals surface area contributed by atoms with Gasteiger partial charge in [0.25, 0.3) is 0 Å². The second-order valence-corrected chi connectivity index (χ2v) is 4.66. The largest absolute Gasteiger partial charge is 0.474 e. The minimum Gasteiger partial charge on any atom is -0.474 e. The molecule has 0 saturated carbocycles. The molecule has 0 fully saturated rings. The lowest BCUT2D eigenvalue weighted by Gasteiger charge is -2.14. The van der Waals surface area contributed by atoms with Gasteiger partial charge >= 0.3 is 0 Å². The number of hydrogen-bond acceptors (Lipinski definition) is 5. The SMILES string of the molecule is CC(C)NCC(O)COc1cc(Br)cnn1. The first kappa shape index (κ1) is 13.3. The van der Waals surface area contributed by atoms with Crippen molar-refractivity contribution in [1.82, 2.24) is 15.5 Å². The molecule has 1 atom stereocenters. The van der Waals surface area contributed by atoms with Crippen molar-refractivity contribution in [3.63, 3.8) is 0 Å². The number of hydrogen-bond donors (Lipinski definition) is 2. The van der Waals surface area contributed by atoms with Crippen LogP contribution in [-0.2, 0) is 0 Å². The van der Waals surface area contributed by atoms with Crippen molar-refractivity contribution in [3.05, 3.63) is 16.7 Å². The van der Waals surface area contributed by atoms with Crippen molar-refractivity contribution in [2.75, 3.05) is 13.2 Å². The third kappa shape index (κ3) is 5.39. The smallest absolute Gasteiger partial charge is 0.234 e. The molecular weight excluding hydrogens is 274 g/mol. The lowest BCUT2D eigenvalue weighted by atomic mass is 10.3. The van der Waals surface area contributed by atoms with Gasteiger partial charge in [0.05, 0.1) is 6.20 Å². The van der Waals surface area contributed by atoms with Crippen molar-refractivity contribution in [2.45, 2.75) is 26.0 Å². The van der Waals surface area contributed by atoms with Gasteiger partial charge in [-0.2, -0.15) is 5.10 Å². The molecule has 90 valence electrons. The van der Waals surface area contributed by atoms with Gasteiger partial charge in [-0.15, -0.1) is 5.10 Å². The van der Waals surface area contributed by atoms with Gasteiger partial charge in [0, 0.05) is 23.1 Å². The van der Waals surface area contributed by atoms with Crippen LogP contribution in [-0.4, -0.2) is 40.6 Å². The number of ether oxygens (including phenoxy) is 1. The van der Waals surface area contributed by atoms with Gasteiger partial charge in [0.15, 0.2) is 0 Å². The molecule has 1 rings (SSSR count).